The number of rotatable bonds is 5. The van der Waals surface area contributed by atoms with Crippen LogP contribution < -0.4 is 10.1 Å². The molecule has 1 rings (SSSR count). The Balaban J connectivity index is 2.63. The first-order chi connectivity index (χ1) is 10.1. The minimum Gasteiger partial charge on any atom is -0.491 e. The van der Waals surface area contributed by atoms with E-state index in [-0.39, 0.29) is 12.4 Å². The number of aryl methyl sites for hydroxylation is 1. The van der Waals surface area contributed by atoms with Gasteiger partial charge in [0.05, 0.1) is 0 Å². The van der Waals surface area contributed by atoms with E-state index in [1.165, 1.54) is 18.2 Å². The molecule has 2 N–H and O–H groups in total. The fourth-order valence-electron chi connectivity index (χ4n) is 1.51. The number of hydrogen-bond acceptors (Lipinski definition) is 4. The van der Waals surface area contributed by atoms with Gasteiger partial charge in [-0.1, -0.05) is 0 Å². The van der Waals surface area contributed by atoms with Crippen molar-refractivity contribution < 1.29 is 28.6 Å². The molecule has 0 aliphatic rings. The maximum absolute atomic E-state index is 13.1. The summed E-state index contributed by atoms with van der Waals surface area (Å²) in [5, 5.41) is 11.3. The van der Waals surface area contributed by atoms with E-state index in [2.05, 4.69) is 5.32 Å². The van der Waals surface area contributed by atoms with Gasteiger partial charge in [0, 0.05) is 0 Å². The molecule has 0 fully saturated rings. The second kappa shape index (κ2) is 7.11. The lowest BCUT2D eigenvalue weighted by molar-refractivity contribution is -0.140. The van der Waals surface area contributed by atoms with Crippen LogP contribution in [-0.2, 0) is 9.53 Å². The van der Waals surface area contributed by atoms with Crippen LogP contribution in [0.3, 0.4) is 0 Å². The molecule has 7 heteroatoms. The largest absolute Gasteiger partial charge is 0.491 e. The number of benzene rings is 1. The van der Waals surface area contributed by atoms with Gasteiger partial charge in [-0.15, -0.1) is 0 Å². The first kappa shape index (κ1) is 17.7. The molecule has 0 aliphatic heterocycles. The first-order valence-electron chi connectivity index (χ1n) is 6.70. The van der Waals surface area contributed by atoms with Gasteiger partial charge in [-0.05, 0) is 51.5 Å². The minimum absolute atomic E-state index is 0.306. The van der Waals surface area contributed by atoms with Crippen molar-refractivity contribution in [2.24, 2.45) is 0 Å². The number of aliphatic carboxylic acids is 1. The van der Waals surface area contributed by atoms with Crippen molar-refractivity contribution in [1.82, 2.24) is 5.32 Å². The number of ether oxygens (including phenoxy) is 2. The monoisotopic (exact) mass is 313 g/mol. The van der Waals surface area contributed by atoms with Crippen molar-refractivity contribution in [2.75, 3.05) is 6.61 Å². The highest BCUT2D eigenvalue weighted by molar-refractivity contribution is 5.80. The average molecular weight is 313 g/mol. The number of carboxylic acid groups (broad SMARTS) is 1. The fraction of sp³-hybridized carbons (Fsp3) is 0.467. The number of hydrogen-bond donors (Lipinski definition) is 2. The van der Waals surface area contributed by atoms with Gasteiger partial charge in [0.25, 0.3) is 0 Å². The number of carboxylic acids is 1. The second-order valence-corrected chi connectivity index (χ2v) is 5.76. The summed E-state index contributed by atoms with van der Waals surface area (Å²) in [6.07, 6.45) is -0.848. The molecule has 1 atom stereocenters. The van der Waals surface area contributed by atoms with Gasteiger partial charge in [0.2, 0.25) is 0 Å². The van der Waals surface area contributed by atoms with Crippen LogP contribution in [0.1, 0.15) is 26.3 Å². The highest BCUT2D eigenvalue weighted by atomic mass is 19.1. The van der Waals surface area contributed by atoms with E-state index >= 15 is 0 Å². The predicted molar refractivity (Wildman–Crippen MR) is 77.4 cm³/mol. The molecule has 122 valence electrons. The molecule has 0 aliphatic carbocycles. The summed E-state index contributed by atoms with van der Waals surface area (Å²) in [6, 6.07) is 2.78. The lowest BCUT2D eigenvalue weighted by Gasteiger charge is -2.22. The molecule has 0 saturated carbocycles. The fourth-order valence-corrected chi connectivity index (χ4v) is 1.51. The number of carbonyl (C=O) groups excluding carboxylic acids is 1. The first-order valence-corrected chi connectivity index (χ1v) is 6.70. The normalized spacial score (nSPS) is 12.4. The lowest BCUT2D eigenvalue weighted by atomic mass is 10.2. The van der Waals surface area contributed by atoms with E-state index in [4.69, 9.17) is 14.6 Å². The number of alkyl carbamates (subject to hydrolysis) is 1. The Kier molecular flexibility index (Phi) is 5.73. The summed E-state index contributed by atoms with van der Waals surface area (Å²) in [5.74, 6) is -1.32. The highest BCUT2D eigenvalue weighted by Gasteiger charge is 2.24. The predicted octanol–water partition coefficient (Wildman–Crippen LogP) is 2.49. The third-order valence-electron chi connectivity index (χ3n) is 2.54. The Morgan fingerprint density at radius 3 is 2.50 bits per heavy atom. The molecule has 1 amide bonds. The number of nitrogens with one attached hydrogen (secondary N) is 1. The zero-order valence-corrected chi connectivity index (χ0v) is 13.0. The van der Waals surface area contributed by atoms with Crippen molar-refractivity contribution in [2.45, 2.75) is 39.3 Å². The average Bonchev–Trinajstić information content (AvgIpc) is 2.36. The van der Waals surface area contributed by atoms with E-state index in [9.17, 15) is 14.0 Å². The van der Waals surface area contributed by atoms with Crippen LogP contribution in [0.4, 0.5) is 9.18 Å². The quantitative estimate of drug-likeness (QED) is 0.872. The van der Waals surface area contributed by atoms with Crippen LogP contribution in [-0.4, -0.2) is 35.4 Å². The highest BCUT2D eigenvalue weighted by Crippen LogP contribution is 2.16. The van der Waals surface area contributed by atoms with Crippen LogP contribution >= 0.6 is 0 Å². The molecule has 22 heavy (non-hydrogen) atoms. The molecule has 0 spiro atoms. The standard InChI is InChI=1S/C15H20FNO5/c1-9-7-10(5-6-11(9)16)21-8-12(13(18)19)17-14(20)22-15(2,3)4/h5-7,12H,8H2,1-4H3,(H,17,20)(H,18,19). The van der Waals surface area contributed by atoms with Gasteiger partial charge in [-0.3, -0.25) is 0 Å². The molecule has 0 radical (unpaired) electrons. The summed E-state index contributed by atoms with van der Waals surface area (Å²) in [6.45, 7) is 6.26. The molecule has 1 unspecified atom stereocenters. The van der Waals surface area contributed by atoms with Gasteiger partial charge in [0.1, 0.15) is 23.8 Å². The topological polar surface area (TPSA) is 84.9 Å². The molecule has 0 saturated heterocycles. The zero-order chi connectivity index (χ0) is 16.9. The van der Waals surface area contributed by atoms with Crippen LogP contribution in [0.5, 0.6) is 5.75 Å². The van der Waals surface area contributed by atoms with Crippen LogP contribution in [0, 0.1) is 12.7 Å². The summed E-state index contributed by atoms with van der Waals surface area (Å²) in [7, 11) is 0. The second-order valence-electron chi connectivity index (χ2n) is 5.76. The SMILES string of the molecule is Cc1cc(OCC(NC(=O)OC(C)(C)C)C(=O)O)ccc1F. The number of halogens is 1. The van der Waals surface area contributed by atoms with Crippen molar-refractivity contribution in [3.05, 3.63) is 29.6 Å². The zero-order valence-electron chi connectivity index (χ0n) is 13.0. The van der Waals surface area contributed by atoms with Gasteiger partial charge in [-0.25, -0.2) is 14.0 Å². The van der Waals surface area contributed by atoms with Crippen molar-refractivity contribution in [1.29, 1.82) is 0 Å². The Morgan fingerprint density at radius 1 is 1.36 bits per heavy atom. The maximum atomic E-state index is 13.1. The minimum atomic E-state index is -1.28. The lowest BCUT2D eigenvalue weighted by Crippen LogP contribution is -2.46. The molecule has 0 bridgehead atoms. The molecular formula is C15H20FNO5. The Hall–Kier alpha value is -2.31. The Morgan fingerprint density at radius 2 is 2.00 bits per heavy atom. The third kappa shape index (κ3) is 5.99. The van der Waals surface area contributed by atoms with E-state index < -0.39 is 23.7 Å². The number of carbonyl (C=O) groups is 2. The maximum Gasteiger partial charge on any atom is 0.408 e. The number of amides is 1. The van der Waals surface area contributed by atoms with Gasteiger partial charge in [-0.2, -0.15) is 0 Å². The van der Waals surface area contributed by atoms with Crippen molar-refractivity contribution >= 4 is 12.1 Å². The smallest absolute Gasteiger partial charge is 0.408 e. The summed E-state index contributed by atoms with van der Waals surface area (Å²) >= 11 is 0. The molecular weight excluding hydrogens is 293 g/mol. The van der Waals surface area contributed by atoms with E-state index in [0.29, 0.717) is 11.3 Å². The van der Waals surface area contributed by atoms with Gasteiger partial charge >= 0.3 is 12.1 Å². The molecule has 0 aromatic heterocycles. The van der Waals surface area contributed by atoms with Crippen LogP contribution in [0.25, 0.3) is 0 Å². The van der Waals surface area contributed by atoms with E-state index in [1.54, 1.807) is 27.7 Å². The van der Waals surface area contributed by atoms with Crippen LogP contribution in [0.2, 0.25) is 0 Å². The molecule has 1 aromatic rings. The van der Waals surface area contributed by atoms with E-state index in [1.807, 2.05) is 0 Å². The van der Waals surface area contributed by atoms with E-state index in [0.717, 1.165) is 0 Å². The van der Waals surface area contributed by atoms with Crippen molar-refractivity contribution in [3.8, 4) is 5.75 Å². The Labute approximate surface area is 128 Å². The summed E-state index contributed by atoms with van der Waals surface area (Å²) < 4.78 is 23.4. The van der Waals surface area contributed by atoms with Gasteiger partial charge in [0.15, 0.2) is 6.04 Å². The molecule has 6 nitrogen and oxygen atoms in total. The third-order valence-corrected chi connectivity index (χ3v) is 2.54. The molecule has 1 aromatic carbocycles. The van der Waals surface area contributed by atoms with Crippen LogP contribution in [0.15, 0.2) is 18.2 Å². The van der Waals surface area contributed by atoms with Crippen molar-refractivity contribution in [3.63, 3.8) is 0 Å². The summed E-state index contributed by atoms with van der Waals surface area (Å²) in [5.41, 5.74) is -0.355. The van der Waals surface area contributed by atoms with Gasteiger partial charge < -0.3 is 19.9 Å². The Bertz CT molecular complexity index is 553. The summed E-state index contributed by atoms with van der Waals surface area (Å²) in [4.78, 5) is 22.7. The molecule has 0 heterocycles.